The predicted octanol–water partition coefficient (Wildman–Crippen LogP) is 3.85. The van der Waals surface area contributed by atoms with Crippen molar-refractivity contribution in [3.8, 4) is 17.2 Å². The van der Waals surface area contributed by atoms with Crippen LogP contribution in [0, 0.1) is 5.92 Å². The smallest absolute Gasteiger partial charge is 0.263 e. The number of nitrogens with zero attached hydrogens (tertiary/aromatic N) is 1. The molecule has 0 radical (unpaired) electrons. The lowest BCUT2D eigenvalue weighted by Gasteiger charge is -2.22. The van der Waals surface area contributed by atoms with Gasteiger partial charge in [-0.2, -0.15) is 0 Å². The highest BCUT2D eigenvalue weighted by molar-refractivity contribution is 5.93. The Kier molecular flexibility index (Phi) is 5.18. The highest BCUT2D eigenvalue weighted by atomic mass is 16.7. The summed E-state index contributed by atoms with van der Waals surface area (Å²) >= 11 is 0. The van der Waals surface area contributed by atoms with E-state index in [4.69, 9.17) is 14.2 Å². The Morgan fingerprint density at radius 3 is 2.68 bits per heavy atom. The molecule has 1 fully saturated rings. The molecule has 1 N–H and O–H groups in total. The molecule has 0 spiro atoms. The zero-order chi connectivity index (χ0) is 21.4. The molecule has 7 nitrogen and oxygen atoms in total. The number of rotatable bonds is 4. The molecule has 1 saturated carbocycles. The lowest BCUT2D eigenvalue weighted by Crippen LogP contribution is -2.37. The number of amides is 2. The summed E-state index contributed by atoms with van der Waals surface area (Å²) in [4.78, 5) is 27.3. The molecule has 5 rings (SSSR count). The number of hydrogen-bond acceptors (Lipinski definition) is 5. The third-order valence-electron chi connectivity index (χ3n) is 6.19. The van der Waals surface area contributed by atoms with E-state index in [2.05, 4.69) is 5.32 Å². The largest absolute Gasteiger partial charge is 0.481 e. The molecule has 2 heterocycles. The zero-order valence-electron chi connectivity index (χ0n) is 17.6. The second-order valence-electron chi connectivity index (χ2n) is 8.44. The maximum absolute atomic E-state index is 13.0. The van der Waals surface area contributed by atoms with Crippen molar-refractivity contribution in [1.82, 2.24) is 4.90 Å². The highest BCUT2D eigenvalue weighted by Crippen LogP contribution is 2.34. The van der Waals surface area contributed by atoms with E-state index >= 15 is 0 Å². The van der Waals surface area contributed by atoms with Gasteiger partial charge in [-0.1, -0.05) is 18.9 Å². The Labute approximate surface area is 181 Å². The summed E-state index contributed by atoms with van der Waals surface area (Å²) < 4.78 is 16.8. The maximum atomic E-state index is 13.0. The fraction of sp³-hybridized carbons (Fsp3) is 0.417. The second kappa shape index (κ2) is 8.13. The van der Waals surface area contributed by atoms with Crippen LogP contribution in [0.1, 0.15) is 43.7 Å². The summed E-state index contributed by atoms with van der Waals surface area (Å²) in [5.74, 6) is 2.18. The van der Waals surface area contributed by atoms with Crippen molar-refractivity contribution < 1.29 is 23.8 Å². The number of anilines is 1. The molecule has 2 aromatic rings. The predicted molar refractivity (Wildman–Crippen MR) is 114 cm³/mol. The van der Waals surface area contributed by atoms with Crippen LogP contribution in [0.4, 0.5) is 5.69 Å². The molecule has 162 valence electrons. The average molecular weight is 422 g/mol. The minimum absolute atomic E-state index is 0.0775. The number of fused-ring (bicyclic) bond motifs is 2. The van der Waals surface area contributed by atoms with Gasteiger partial charge in [-0.05, 0) is 55.7 Å². The third kappa shape index (κ3) is 4.04. The van der Waals surface area contributed by atoms with E-state index in [-0.39, 0.29) is 24.5 Å². The number of carbonyl (C=O) groups excluding carboxylic acids is 2. The number of nitrogens with one attached hydrogen (secondary N) is 1. The molecule has 2 amide bonds. The summed E-state index contributed by atoms with van der Waals surface area (Å²) in [5, 5.41) is 3.04. The molecule has 0 bridgehead atoms. The van der Waals surface area contributed by atoms with Crippen LogP contribution in [0.5, 0.6) is 17.2 Å². The van der Waals surface area contributed by atoms with Crippen LogP contribution in [0.25, 0.3) is 0 Å². The van der Waals surface area contributed by atoms with Gasteiger partial charge in [0.15, 0.2) is 17.6 Å². The monoisotopic (exact) mass is 422 g/mol. The fourth-order valence-electron chi connectivity index (χ4n) is 4.50. The summed E-state index contributed by atoms with van der Waals surface area (Å²) in [6.07, 6.45) is 3.55. The van der Waals surface area contributed by atoms with Gasteiger partial charge in [-0.3, -0.25) is 9.59 Å². The Hall–Kier alpha value is -3.22. The van der Waals surface area contributed by atoms with Gasteiger partial charge in [0.2, 0.25) is 12.7 Å². The quantitative estimate of drug-likeness (QED) is 0.810. The Balaban J connectivity index is 1.36. The van der Waals surface area contributed by atoms with Gasteiger partial charge in [0.05, 0.1) is 0 Å². The minimum atomic E-state index is -0.589. The summed E-state index contributed by atoms with van der Waals surface area (Å²) in [6, 6.07) is 11.3. The minimum Gasteiger partial charge on any atom is -0.481 e. The van der Waals surface area contributed by atoms with Gasteiger partial charge in [-0.25, -0.2) is 0 Å². The normalized spacial score (nSPS) is 20.2. The van der Waals surface area contributed by atoms with Crippen LogP contribution in [0.3, 0.4) is 0 Å². The van der Waals surface area contributed by atoms with Crippen LogP contribution in [0.2, 0.25) is 0 Å². The first kappa shape index (κ1) is 19.7. The number of ether oxygens (including phenoxy) is 3. The number of carbonyl (C=O) groups is 2. The molecule has 31 heavy (non-hydrogen) atoms. The molecule has 1 unspecified atom stereocenters. The Morgan fingerprint density at radius 1 is 1.06 bits per heavy atom. The second-order valence-corrected chi connectivity index (χ2v) is 8.44. The average Bonchev–Trinajstić information content (AvgIpc) is 3.44. The first-order chi connectivity index (χ1) is 15.1. The van der Waals surface area contributed by atoms with Gasteiger partial charge >= 0.3 is 0 Å². The van der Waals surface area contributed by atoms with E-state index in [1.54, 1.807) is 11.8 Å². The van der Waals surface area contributed by atoms with Gasteiger partial charge < -0.3 is 24.4 Å². The van der Waals surface area contributed by atoms with Crippen LogP contribution >= 0.6 is 0 Å². The number of benzene rings is 2. The molecular weight excluding hydrogens is 396 g/mol. The van der Waals surface area contributed by atoms with Crippen molar-refractivity contribution in [3.63, 3.8) is 0 Å². The molecule has 1 aliphatic carbocycles. The summed E-state index contributed by atoms with van der Waals surface area (Å²) in [5.41, 5.74) is 2.57. The van der Waals surface area contributed by atoms with Crippen molar-refractivity contribution in [2.75, 3.05) is 12.1 Å². The third-order valence-corrected chi connectivity index (χ3v) is 6.19. The SMILES string of the molecule is CC1Oc2ccc(NC(=O)C3CCCC3)cc2CN(Cc2ccc3c(c2)OCO3)C1=O. The molecule has 2 aromatic carbocycles. The highest BCUT2D eigenvalue weighted by Gasteiger charge is 2.29. The van der Waals surface area contributed by atoms with Crippen molar-refractivity contribution in [2.24, 2.45) is 5.92 Å². The van der Waals surface area contributed by atoms with E-state index in [9.17, 15) is 9.59 Å². The van der Waals surface area contributed by atoms with E-state index in [0.717, 1.165) is 48.2 Å². The summed E-state index contributed by atoms with van der Waals surface area (Å²) in [7, 11) is 0. The molecule has 7 heteroatoms. The van der Waals surface area contributed by atoms with Gasteiger partial charge in [0.1, 0.15) is 5.75 Å². The topological polar surface area (TPSA) is 77.1 Å². The van der Waals surface area contributed by atoms with Crippen LogP contribution in [-0.2, 0) is 22.7 Å². The van der Waals surface area contributed by atoms with Gasteiger partial charge in [0.25, 0.3) is 5.91 Å². The molecule has 1 atom stereocenters. The van der Waals surface area contributed by atoms with Gasteiger partial charge in [-0.15, -0.1) is 0 Å². The van der Waals surface area contributed by atoms with E-state index < -0.39 is 6.10 Å². The van der Waals surface area contributed by atoms with Crippen molar-refractivity contribution >= 4 is 17.5 Å². The van der Waals surface area contributed by atoms with E-state index in [0.29, 0.717) is 24.6 Å². The fourth-order valence-corrected chi connectivity index (χ4v) is 4.50. The number of hydrogen-bond donors (Lipinski definition) is 1. The van der Waals surface area contributed by atoms with Crippen LogP contribution in [0.15, 0.2) is 36.4 Å². The van der Waals surface area contributed by atoms with E-state index in [1.807, 2.05) is 36.4 Å². The summed E-state index contributed by atoms with van der Waals surface area (Å²) in [6.45, 7) is 2.82. The lowest BCUT2D eigenvalue weighted by atomic mass is 10.1. The Morgan fingerprint density at radius 2 is 1.84 bits per heavy atom. The Bertz CT molecular complexity index is 1020. The first-order valence-electron chi connectivity index (χ1n) is 10.8. The standard InChI is InChI=1S/C24H26N2O5/c1-15-24(28)26(12-16-6-8-21-22(10-16)30-14-29-21)13-18-11-19(7-9-20(18)31-15)25-23(27)17-4-2-3-5-17/h6-11,15,17H,2-5,12-14H2,1H3,(H,25,27). The molecule has 0 aromatic heterocycles. The lowest BCUT2D eigenvalue weighted by molar-refractivity contribution is -0.138. The molecule has 3 aliphatic rings. The van der Waals surface area contributed by atoms with Gasteiger partial charge in [0, 0.05) is 30.3 Å². The van der Waals surface area contributed by atoms with Crippen molar-refractivity contribution in [3.05, 3.63) is 47.5 Å². The van der Waals surface area contributed by atoms with Crippen LogP contribution < -0.4 is 19.5 Å². The zero-order valence-corrected chi connectivity index (χ0v) is 17.6. The maximum Gasteiger partial charge on any atom is 0.263 e. The van der Waals surface area contributed by atoms with Crippen molar-refractivity contribution in [2.45, 2.75) is 51.8 Å². The molecule has 0 saturated heterocycles. The van der Waals surface area contributed by atoms with Crippen molar-refractivity contribution in [1.29, 1.82) is 0 Å². The van der Waals surface area contributed by atoms with E-state index in [1.165, 1.54) is 0 Å². The molecular formula is C24H26N2O5. The van der Waals surface area contributed by atoms with Crippen LogP contribution in [-0.4, -0.2) is 29.6 Å². The molecule has 2 aliphatic heterocycles. The first-order valence-corrected chi connectivity index (χ1v) is 10.8.